The van der Waals surface area contributed by atoms with Crippen molar-refractivity contribution in [1.29, 1.82) is 0 Å². The van der Waals surface area contributed by atoms with Crippen LogP contribution in [0.15, 0.2) is 54.6 Å². The van der Waals surface area contributed by atoms with E-state index >= 15 is 0 Å². The third kappa shape index (κ3) is 6.98. The normalized spacial score (nSPS) is 22.6. The number of hydrogen-bond donors (Lipinski definition) is 3. The number of benzene rings is 2. The van der Waals surface area contributed by atoms with Crippen LogP contribution in [0.1, 0.15) is 37.7 Å². The van der Waals surface area contributed by atoms with Crippen LogP contribution < -0.4 is 15.4 Å². The zero-order valence-corrected chi connectivity index (χ0v) is 20.9. The van der Waals surface area contributed by atoms with Crippen molar-refractivity contribution in [3.8, 4) is 5.75 Å². The van der Waals surface area contributed by atoms with Crippen molar-refractivity contribution < 1.29 is 24.2 Å². The lowest BCUT2D eigenvalue weighted by Gasteiger charge is -2.37. The number of nitrogens with zero attached hydrogens (tertiary/aromatic N) is 1. The summed E-state index contributed by atoms with van der Waals surface area (Å²) in [6, 6.07) is 16.9. The second-order valence-electron chi connectivity index (χ2n) is 9.68. The molecule has 0 aliphatic carbocycles. The molecular formula is C28H37N3O5. The molecule has 3 atom stereocenters. The van der Waals surface area contributed by atoms with E-state index in [0.717, 1.165) is 32.4 Å². The number of carbonyl (C=O) groups is 2. The third-order valence-electron chi connectivity index (χ3n) is 7.20. The summed E-state index contributed by atoms with van der Waals surface area (Å²) in [5.41, 5.74) is 1.92. The van der Waals surface area contributed by atoms with Crippen LogP contribution in [-0.2, 0) is 16.0 Å². The fourth-order valence-corrected chi connectivity index (χ4v) is 5.18. The predicted octanol–water partition coefficient (Wildman–Crippen LogP) is 3.60. The summed E-state index contributed by atoms with van der Waals surface area (Å²) in [6.07, 6.45) is 3.85. The lowest BCUT2D eigenvalue weighted by Crippen LogP contribution is -2.52. The molecule has 0 radical (unpaired) electrons. The van der Waals surface area contributed by atoms with E-state index < -0.39 is 6.10 Å². The number of aliphatic hydroxyl groups excluding tert-OH is 1. The number of para-hydroxylation sites is 2. The Kier molecular flexibility index (Phi) is 9.19. The number of aliphatic hydroxyl groups is 1. The van der Waals surface area contributed by atoms with Gasteiger partial charge in [-0.05, 0) is 55.7 Å². The van der Waals surface area contributed by atoms with Crippen LogP contribution in [0.4, 0.5) is 10.5 Å². The second-order valence-corrected chi connectivity index (χ2v) is 9.68. The van der Waals surface area contributed by atoms with Gasteiger partial charge in [-0.1, -0.05) is 42.5 Å². The Morgan fingerprint density at radius 2 is 1.75 bits per heavy atom. The molecule has 2 aliphatic heterocycles. The molecule has 3 amide bonds. The zero-order chi connectivity index (χ0) is 25.3. The maximum absolute atomic E-state index is 12.9. The standard InChI is InChI=1S/C28H37N3O5/c1-35-25-10-6-5-9-23(25)29-28(34)30-24-12-11-22(36-26(24)19-32)18-27(33)31-15-13-21(14-16-31)17-20-7-3-2-4-8-20/h2-10,21-22,24,26,32H,11-19H2,1H3,(H2,29,30,34)/t22-,24+,26+/m0/s1. The van der Waals surface area contributed by atoms with Crippen molar-refractivity contribution in [3.05, 3.63) is 60.2 Å². The number of amides is 3. The lowest BCUT2D eigenvalue weighted by atomic mass is 9.90. The average molecular weight is 496 g/mol. The van der Waals surface area contributed by atoms with Crippen molar-refractivity contribution in [2.75, 3.05) is 32.1 Å². The van der Waals surface area contributed by atoms with Gasteiger partial charge in [-0.2, -0.15) is 0 Å². The molecule has 2 aliphatic rings. The van der Waals surface area contributed by atoms with Gasteiger partial charge >= 0.3 is 6.03 Å². The van der Waals surface area contributed by atoms with Gasteiger partial charge in [-0.3, -0.25) is 4.79 Å². The second kappa shape index (κ2) is 12.7. The summed E-state index contributed by atoms with van der Waals surface area (Å²) >= 11 is 0. The van der Waals surface area contributed by atoms with E-state index in [0.29, 0.717) is 36.6 Å². The number of urea groups is 1. The zero-order valence-electron chi connectivity index (χ0n) is 20.9. The topological polar surface area (TPSA) is 100 Å². The highest BCUT2D eigenvalue weighted by molar-refractivity contribution is 5.91. The maximum Gasteiger partial charge on any atom is 0.319 e. The number of rotatable bonds is 8. The van der Waals surface area contributed by atoms with E-state index in [1.807, 2.05) is 23.1 Å². The van der Waals surface area contributed by atoms with E-state index in [1.54, 1.807) is 19.2 Å². The van der Waals surface area contributed by atoms with Crippen molar-refractivity contribution in [2.24, 2.45) is 5.92 Å². The van der Waals surface area contributed by atoms with Crippen LogP contribution in [0.3, 0.4) is 0 Å². The minimum atomic E-state index is -0.559. The first kappa shape index (κ1) is 26.0. The molecule has 2 aromatic rings. The van der Waals surface area contributed by atoms with E-state index in [1.165, 1.54) is 5.56 Å². The molecule has 0 saturated carbocycles. The molecular weight excluding hydrogens is 458 g/mol. The molecule has 0 bridgehead atoms. The average Bonchev–Trinajstić information content (AvgIpc) is 2.90. The molecule has 2 heterocycles. The van der Waals surface area contributed by atoms with Gasteiger partial charge < -0.3 is 30.1 Å². The number of anilines is 1. The van der Waals surface area contributed by atoms with Gasteiger partial charge in [-0.15, -0.1) is 0 Å². The fraction of sp³-hybridized carbons (Fsp3) is 0.500. The Morgan fingerprint density at radius 3 is 2.47 bits per heavy atom. The first-order valence-corrected chi connectivity index (χ1v) is 12.8. The van der Waals surface area contributed by atoms with Gasteiger partial charge in [0.1, 0.15) is 11.9 Å². The highest BCUT2D eigenvalue weighted by Crippen LogP contribution is 2.26. The number of hydrogen-bond acceptors (Lipinski definition) is 5. The molecule has 0 unspecified atom stereocenters. The molecule has 3 N–H and O–H groups in total. The fourth-order valence-electron chi connectivity index (χ4n) is 5.18. The highest BCUT2D eigenvalue weighted by Gasteiger charge is 2.34. The van der Waals surface area contributed by atoms with Crippen LogP contribution in [0.2, 0.25) is 0 Å². The summed E-state index contributed by atoms with van der Waals surface area (Å²) in [7, 11) is 1.55. The summed E-state index contributed by atoms with van der Waals surface area (Å²) in [5, 5.41) is 15.6. The SMILES string of the molecule is COc1ccccc1NC(=O)N[C@@H]1CC[C@@H](CC(=O)N2CCC(Cc3ccccc3)CC2)O[C@@H]1CO. The number of piperidine rings is 1. The smallest absolute Gasteiger partial charge is 0.319 e. The molecule has 2 aromatic carbocycles. The van der Waals surface area contributed by atoms with Gasteiger partial charge in [0.25, 0.3) is 0 Å². The molecule has 36 heavy (non-hydrogen) atoms. The number of methoxy groups -OCH3 is 1. The first-order valence-electron chi connectivity index (χ1n) is 12.8. The summed E-state index contributed by atoms with van der Waals surface area (Å²) in [6.45, 7) is 1.33. The van der Waals surface area contributed by atoms with Crippen LogP contribution in [0.5, 0.6) is 5.75 Å². The molecule has 0 spiro atoms. The number of likely N-dealkylation sites (tertiary alicyclic amines) is 1. The molecule has 194 valence electrons. The van der Waals surface area contributed by atoms with Crippen LogP contribution in [0.25, 0.3) is 0 Å². The summed E-state index contributed by atoms with van der Waals surface area (Å²) < 4.78 is 11.3. The number of carbonyl (C=O) groups excluding carboxylic acids is 2. The number of ether oxygens (including phenoxy) is 2. The Hall–Kier alpha value is -3.10. The van der Waals surface area contributed by atoms with Gasteiger partial charge in [-0.25, -0.2) is 4.79 Å². The van der Waals surface area contributed by atoms with Crippen LogP contribution >= 0.6 is 0 Å². The molecule has 2 fully saturated rings. The van der Waals surface area contributed by atoms with Gasteiger partial charge in [0.05, 0.1) is 38.0 Å². The van der Waals surface area contributed by atoms with E-state index in [2.05, 4.69) is 34.9 Å². The molecule has 0 aromatic heterocycles. The maximum atomic E-state index is 12.9. The van der Waals surface area contributed by atoms with Crippen molar-refractivity contribution >= 4 is 17.6 Å². The third-order valence-corrected chi connectivity index (χ3v) is 7.20. The van der Waals surface area contributed by atoms with Gasteiger partial charge in [0.2, 0.25) is 5.91 Å². The Bertz CT molecular complexity index is 994. The molecule has 8 nitrogen and oxygen atoms in total. The molecule has 4 rings (SSSR count). The molecule has 8 heteroatoms. The number of nitrogens with one attached hydrogen (secondary N) is 2. The van der Waals surface area contributed by atoms with E-state index in [4.69, 9.17) is 9.47 Å². The van der Waals surface area contributed by atoms with Crippen molar-refractivity contribution in [2.45, 2.75) is 56.8 Å². The van der Waals surface area contributed by atoms with Crippen LogP contribution in [0, 0.1) is 5.92 Å². The largest absolute Gasteiger partial charge is 0.495 e. The summed E-state index contributed by atoms with van der Waals surface area (Å²) in [5.74, 6) is 1.28. The monoisotopic (exact) mass is 495 g/mol. The van der Waals surface area contributed by atoms with Crippen molar-refractivity contribution in [3.63, 3.8) is 0 Å². The Balaban J connectivity index is 1.21. The van der Waals surface area contributed by atoms with Gasteiger partial charge in [0, 0.05) is 13.1 Å². The van der Waals surface area contributed by atoms with E-state index in [9.17, 15) is 14.7 Å². The first-order chi connectivity index (χ1) is 17.6. The lowest BCUT2D eigenvalue weighted by molar-refractivity contribution is -0.141. The van der Waals surface area contributed by atoms with E-state index in [-0.39, 0.29) is 30.7 Å². The quantitative estimate of drug-likeness (QED) is 0.520. The summed E-state index contributed by atoms with van der Waals surface area (Å²) in [4.78, 5) is 27.4. The highest BCUT2D eigenvalue weighted by atomic mass is 16.5. The predicted molar refractivity (Wildman–Crippen MR) is 138 cm³/mol. The minimum absolute atomic E-state index is 0.107. The van der Waals surface area contributed by atoms with Crippen molar-refractivity contribution in [1.82, 2.24) is 10.2 Å². The van der Waals surface area contributed by atoms with Gasteiger partial charge in [0.15, 0.2) is 0 Å². The Morgan fingerprint density at radius 1 is 1.03 bits per heavy atom. The van der Waals surface area contributed by atoms with Crippen LogP contribution in [-0.4, -0.2) is 67.0 Å². The molecule has 2 saturated heterocycles. The minimum Gasteiger partial charge on any atom is -0.495 e. The Labute approximate surface area is 213 Å².